The summed E-state index contributed by atoms with van der Waals surface area (Å²) in [5.74, 6) is -2.17. The van der Waals surface area contributed by atoms with Crippen molar-refractivity contribution in [2.24, 2.45) is 0 Å². The van der Waals surface area contributed by atoms with Gasteiger partial charge in [-0.05, 0) is 12.1 Å². The second-order valence-electron chi connectivity index (χ2n) is 4.47. The second kappa shape index (κ2) is 7.39. The maximum Gasteiger partial charge on any atom is 0.361 e. The van der Waals surface area contributed by atoms with Crippen LogP contribution < -0.4 is 10.1 Å². The van der Waals surface area contributed by atoms with Gasteiger partial charge in [0.25, 0.3) is 12.2 Å². The predicted molar refractivity (Wildman–Crippen MR) is 72.2 cm³/mol. The summed E-state index contributed by atoms with van der Waals surface area (Å²) in [5, 5.41) is 11.2. The number of hydrogen-bond donors (Lipinski definition) is 2. The van der Waals surface area contributed by atoms with Crippen LogP contribution in [0.4, 0.5) is 4.39 Å². The number of amides is 1. The topological polar surface area (TPSA) is 94.1 Å². The molecular formula is C13H13ClFNO6. The first-order chi connectivity index (χ1) is 10.5. The van der Waals surface area contributed by atoms with E-state index in [1.165, 1.54) is 12.1 Å². The Morgan fingerprint density at radius 3 is 2.68 bits per heavy atom. The van der Waals surface area contributed by atoms with Crippen LogP contribution in [-0.4, -0.2) is 49.1 Å². The van der Waals surface area contributed by atoms with E-state index in [1.807, 2.05) is 0 Å². The first-order valence-corrected chi connectivity index (χ1v) is 6.66. The number of carbonyl (C=O) groups is 2. The number of carboxylic acid groups (broad SMARTS) is 1. The maximum atomic E-state index is 13.2. The number of rotatable bonds is 5. The molecule has 2 rings (SSSR count). The molecule has 120 valence electrons. The van der Waals surface area contributed by atoms with Gasteiger partial charge in [-0.3, -0.25) is 4.79 Å². The van der Waals surface area contributed by atoms with Crippen molar-refractivity contribution in [1.29, 1.82) is 0 Å². The third-order valence-corrected chi connectivity index (χ3v) is 3.03. The Kier molecular flexibility index (Phi) is 5.53. The van der Waals surface area contributed by atoms with Crippen molar-refractivity contribution >= 4 is 23.5 Å². The minimum absolute atomic E-state index is 0.0122. The minimum atomic E-state index is -1.32. The van der Waals surface area contributed by atoms with Crippen molar-refractivity contribution in [3.05, 3.63) is 29.0 Å². The van der Waals surface area contributed by atoms with Gasteiger partial charge in [0.15, 0.2) is 6.61 Å². The third kappa shape index (κ3) is 4.55. The molecule has 0 aliphatic carbocycles. The van der Waals surface area contributed by atoms with E-state index in [0.717, 1.165) is 6.07 Å². The molecule has 1 aromatic rings. The van der Waals surface area contributed by atoms with Crippen LogP contribution in [0.2, 0.25) is 5.02 Å². The van der Waals surface area contributed by atoms with Crippen molar-refractivity contribution in [2.45, 2.75) is 12.3 Å². The lowest BCUT2D eigenvalue weighted by Crippen LogP contribution is -2.49. The van der Waals surface area contributed by atoms with Crippen molar-refractivity contribution in [3.63, 3.8) is 0 Å². The van der Waals surface area contributed by atoms with E-state index in [2.05, 4.69) is 5.32 Å². The summed E-state index contributed by atoms with van der Waals surface area (Å²) in [7, 11) is 0. The molecule has 2 N–H and O–H groups in total. The molecule has 0 bridgehead atoms. The molecule has 9 heteroatoms. The Labute approximate surface area is 129 Å². The Balaban J connectivity index is 1.74. The molecule has 1 aliphatic heterocycles. The molecular weight excluding hydrogens is 321 g/mol. The highest BCUT2D eigenvalue weighted by Crippen LogP contribution is 2.20. The van der Waals surface area contributed by atoms with Crippen molar-refractivity contribution < 1.29 is 33.3 Å². The molecule has 1 saturated heterocycles. The zero-order valence-electron chi connectivity index (χ0n) is 11.3. The highest BCUT2D eigenvalue weighted by molar-refractivity contribution is 6.30. The largest absolute Gasteiger partial charge is 0.484 e. The van der Waals surface area contributed by atoms with Gasteiger partial charge in [0.1, 0.15) is 11.6 Å². The third-order valence-electron chi connectivity index (χ3n) is 2.73. The van der Waals surface area contributed by atoms with Gasteiger partial charge in [0, 0.05) is 6.07 Å². The molecule has 0 radical (unpaired) electrons. The number of nitrogens with one attached hydrogen (secondary N) is 1. The van der Waals surface area contributed by atoms with E-state index >= 15 is 0 Å². The number of hydrogen-bond acceptors (Lipinski definition) is 5. The number of carbonyl (C=O) groups excluding carboxylic acids is 1. The van der Waals surface area contributed by atoms with Gasteiger partial charge in [-0.25, -0.2) is 9.18 Å². The van der Waals surface area contributed by atoms with E-state index in [1.54, 1.807) is 0 Å². The molecule has 7 nitrogen and oxygen atoms in total. The summed E-state index contributed by atoms with van der Waals surface area (Å²) in [5.41, 5.74) is 0. The SMILES string of the molecule is O=C(COc1ccc(Cl)c(F)c1)N[C@H]1CO[C@H](C(=O)O)OC1. The number of halogens is 2. The van der Waals surface area contributed by atoms with Crippen LogP contribution in [0.25, 0.3) is 0 Å². The lowest BCUT2D eigenvalue weighted by molar-refractivity contribution is -0.211. The summed E-state index contributed by atoms with van der Waals surface area (Å²) in [6.07, 6.45) is -1.32. The van der Waals surface area contributed by atoms with Crippen LogP contribution in [0.15, 0.2) is 18.2 Å². The van der Waals surface area contributed by atoms with Gasteiger partial charge in [0.2, 0.25) is 0 Å². The van der Waals surface area contributed by atoms with Crippen molar-refractivity contribution in [1.82, 2.24) is 5.32 Å². The van der Waals surface area contributed by atoms with Crippen LogP contribution in [0, 0.1) is 5.82 Å². The highest BCUT2D eigenvalue weighted by Gasteiger charge is 2.28. The van der Waals surface area contributed by atoms with Gasteiger partial charge in [-0.2, -0.15) is 0 Å². The fraction of sp³-hybridized carbons (Fsp3) is 0.385. The molecule has 1 aliphatic rings. The van der Waals surface area contributed by atoms with Crippen LogP contribution in [0.5, 0.6) is 5.75 Å². The summed E-state index contributed by atoms with van der Waals surface area (Å²) >= 11 is 5.53. The normalized spacial score (nSPS) is 21.2. The number of aliphatic carboxylic acids is 1. The van der Waals surface area contributed by atoms with E-state index in [-0.39, 0.29) is 30.6 Å². The monoisotopic (exact) mass is 333 g/mol. The molecule has 0 saturated carbocycles. The average Bonchev–Trinajstić information content (AvgIpc) is 2.49. The summed E-state index contributed by atoms with van der Waals surface area (Å²) in [6, 6.07) is 3.34. The number of ether oxygens (including phenoxy) is 3. The standard InChI is InChI=1S/C13H13ClFNO6/c14-9-2-1-8(3-10(9)15)20-6-11(17)16-7-4-21-13(12(18)19)22-5-7/h1-3,7,13H,4-6H2,(H,16,17)(H,18,19)/t7-,13-. The summed E-state index contributed by atoms with van der Waals surface area (Å²) in [6.45, 7) is -0.309. The fourth-order valence-electron chi connectivity index (χ4n) is 1.71. The lowest BCUT2D eigenvalue weighted by Gasteiger charge is -2.27. The van der Waals surface area contributed by atoms with Crippen LogP contribution in [0.1, 0.15) is 0 Å². The first kappa shape index (κ1) is 16.5. The molecule has 1 aromatic carbocycles. The van der Waals surface area contributed by atoms with Crippen LogP contribution in [0.3, 0.4) is 0 Å². The Morgan fingerprint density at radius 2 is 2.09 bits per heavy atom. The van der Waals surface area contributed by atoms with E-state index in [4.69, 9.17) is 30.9 Å². The van der Waals surface area contributed by atoms with Crippen molar-refractivity contribution in [2.75, 3.05) is 19.8 Å². The molecule has 0 atom stereocenters. The summed E-state index contributed by atoms with van der Waals surface area (Å²) in [4.78, 5) is 22.3. The smallest absolute Gasteiger partial charge is 0.361 e. The zero-order valence-corrected chi connectivity index (χ0v) is 12.0. The minimum Gasteiger partial charge on any atom is -0.484 e. The van der Waals surface area contributed by atoms with E-state index in [0.29, 0.717) is 0 Å². The zero-order chi connectivity index (χ0) is 16.1. The average molecular weight is 334 g/mol. The molecule has 0 spiro atoms. The quantitative estimate of drug-likeness (QED) is 0.828. The maximum absolute atomic E-state index is 13.2. The molecule has 0 aromatic heterocycles. The lowest BCUT2D eigenvalue weighted by atomic mass is 10.3. The summed E-state index contributed by atoms with van der Waals surface area (Å²) < 4.78 is 28.1. The Hall–Kier alpha value is -1.90. The molecule has 22 heavy (non-hydrogen) atoms. The first-order valence-electron chi connectivity index (χ1n) is 6.29. The molecule has 1 heterocycles. The molecule has 1 fully saturated rings. The van der Waals surface area contributed by atoms with Crippen molar-refractivity contribution in [3.8, 4) is 5.75 Å². The second-order valence-corrected chi connectivity index (χ2v) is 4.87. The predicted octanol–water partition coefficient (Wildman–Crippen LogP) is 0.800. The van der Waals surface area contributed by atoms with Gasteiger partial charge in [-0.15, -0.1) is 0 Å². The van der Waals surface area contributed by atoms with Gasteiger partial charge < -0.3 is 24.6 Å². The van der Waals surface area contributed by atoms with Crippen LogP contribution >= 0.6 is 11.6 Å². The highest BCUT2D eigenvalue weighted by atomic mass is 35.5. The Morgan fingerprint density at radius 1 is 1.41 bits per heavy atom. The van der Waals surface area contributed by atoms with Crippen LogP contribution in [-0.2, 0) is 19.1 Å². The van der Waals surface area contributed by atoms with E-state index < -0.39 is 30.0 Å². The number of benzene rings is 1. The van der Waals surface area contributed by atoms with Gasteiger partial charge in [0.05, 0.1) is 24.3 Å². The molecule has 0 unspecified atom stereocenters. The molecule has 1 amide bonds. The Bertz CT molecular complexity index is 561. The van der Waals surface area contributed by atoms with Gasteiger partial charge >= 0.3 is 5.97 Å². The fourth-order valence-corrected chi connectivity index (χ4v) is 1.83. The van der Waals surface area contributed by atoms with Gasteiger partial charge in [-0.1, -0.05) is 11.6 Å². The van der Waals surface area contributed by atoms with E-state index in [9.17, 15) is 14.0 Å². The number of carboxylic acids is 1.